The van der Waals surface area contributed by atoms with Gasteiger partial charge in [0.1, 0.15) is 5.82 Å². The molecule has 0 saturated carbocycles. The van der Waals surface area contributed by atoms with Crippen molar-refractivity contribution in [2.24, 2.45) is 0 Å². The normalized spacial score (nSPS) is 14.5. The maximum Gasteiger partial charge on any atom is 0.142 e. The summed E-state index contributed by atoms with van der Waals surface area (Å²) in [6.45, 7) is -0.194. The van der Waals surface area contributed by atoms with Gasteiger partial charge in [-0.2, -0.15) is 0 Å². The second-order valence-electron chi connectivity index (χ2n) is 5.98. The van der Waals surface area contributed by atoms with Gasteiger partial charge < -0.3 is 5.11 Å². The van der Waals surface area contributed by atoms with Gasteiger partial charge in [0.05, 0.1) is 11.6 Å². The number of rotatable bonds is 1. The van der Waals surface area contributed by atoms with E-state index < -0.39 is 5.82 Å². The van der Waals surface area contributed by atoms with E-state index in [1.165, 1.54) is 35.4 Å². The Hall–Kier alpha value is -1.64. The Bertz CT molecular complexity index is 901. The number of aliphatic hydroxyl groups is 1. The van der Waals surface area contributed by atoms with E-state index >= 15 is 0 Å². The monoisotopic (exact) mass is 314 g/mol. The number of aliphatic hydroxyl groups excluding tert-OH is 1. The lowest BCUT2D eigenvalue weighted by atomic mass is 9.86. The molecule has 112 valence electrons. The predicted octanol–water partition coefficient (Wildman–Crippen LogP) is 5.16. The van der Waals surface area contributed by atoms with Crippen molar-refractivity contribution < 1.29 is 9.50 Å². The van der Waals surface area contributed by atoms with Crippen LogP contribution < -0.4 is 0 Å². The molecule has 1 aliphatic carbocycles. The number of hydrogen-bond donors (Lipinski definition) is 1. The first kappa shape index (κ1) is 14.0. The van der Waals surface area contributed by atoms with Crippen LogP contribution in [0.5, 0.6) is 0 Å². The molecule has 0 fully saturated rings. The average molecular weight is 315 g/mol. The molecule has 0 atom stereocenters. The van der Waals surface area contributed by atoms with E-state index in [4.69, 9.17) is 11.6 Å². The summed E-state index contributed by atoms with van der Waals surface area (Å²) in [7, 11) is 0. The van der Waals surface area contributed by atoms with Crippen LogP contribution in [0.1, 0.15) is 29.5 Å². The molecule has 3 heteroatoms. The summed E-state index contributed by atoms with van der Waals surface area (Å²) < 4.78 is 13.9. The van der Waals surface area contributed by atoms with Gasteiger partial charge in [-0.25, -0.2) is 4.39 Å². The Kier molecular flexibility index (Phi) is 3.32. The van der Waals surface area contributed by atoms with E-state index in [1.54, 1.807) is 0 Å². The molecule has 0 unspecified atom stereocenters. The van der Waals surface area contributed by atoms with E-state index in [0.29, 0.717) is 10.9 Å². The first-order valence-electron chi connectivity index (χ1n) is 7.65. The number of halogens is 2. The van der Waals surface area contributed by atoms with Crippen LogP contribution in [0.15, 0.2) is 30.3 Å². The fraction of sp³-hybridized carbons (Fsp3) is 0.263. The highest BCUT2D eigenvalue weighted by atomic mass is 35.5. The third-order valence-electron chi connectivity index (χ3n) is 4.77. The van der Waals surface area contributed by atoms with Crippen LogP contribution >= 0.6 is 11.6 Å². The van der Waals surface area contributed by atoms with Crippen LogP contribution in [0.2, 0.25) is 5.02 Å². The van der Waals surface area contributed by atoms with Gasteiger partial charge in [-0.05, 0) is 64.6 Å². The molecule has 1 N–H and O–H groups in total. The zero-order valence-corrected chi connectivity index (χ0v) is 12.9. The number of benzene rings is 3. The molecule has 3 aromatic carbocycles. The molecule has 0 spiro atoms. The largest absolute Gasteiger partial charge is 0.392 e. The van der Waals surface area contributed by atoms with Crippen molar-refractivity contribution in [3.05, 3.63) is 57.9 Å². The molecule has 4 rings (SSSR count). The average Bonchev–Trinajstić information content (AvgIpc) is 2.57. The standard InChI is InChI=1S/C19H16ClFO/c20-19-16-8-7-14-13-4-2-1-3-11(13)5-6-15(14)18(16)12(10-22)9-17(19)21/h5-9,22H,1-4,10H2. The molecule has 0 bridgehead atoms. The number of hydrogen-bond acceptors (Lipinski definition) is 1. The smallest absolute Gasteiger partial charge is 0.142 e. The van der Waals surface area contributed by atoms with Crippen molar-refractivity contribution in [3.63, 3.8) is 0 Å². The Labute approximate surface area is 133 Å². The zero-order valence-electron chi connectivity index (χ0n) is 12.1. The maximum atomic E-state index is 13.9. The van der Waals surface area contributed by atoms with Crippen LogP contribution in [-0.2, 0) is 19.4 Å². The van der Waals surface area contributed by atoms with Gasteiger partial charge in [-0.3, -0.25) is 0 Å². The van der Waals surface area contributed by atoms with Gasteiger partial charge in [0, 0.05) is 5.39 Å². The van der Waals surface area contributed by atoms with E-state index in [2.05, 4.69) is 12.1 Å². The predicted molar refractivity (Wildman–Crippen MR) is 89.0 cm³/mol. The quantitative estimate of drug-likeness (QED) is 0.615. The SMILES string of the molecule is OCc1cc(F)c(Cl)c2ccc3c4c(ccc3c12)CCCC4. The molecule has 1 aliphatic rings. The highest BCUT2D eigenvalue weighted by molar-refractivity contribution is 6.37. The van der Waals surface area contributed by atoms with Gasteiger partial charge in [-0.15, -0.1) is 0 Å². The van der Waals surface area contributed by atoms with Gasteiger partial charge >= 0.3 is 0 Å². The molecule has 0 saturated heterocycles. The van der Waals surface area contributed by atoms with E-state index in [0.717, 1.165) is 23.6 Å². The minimum Gasteiger partial charge on any atom is -0.392 e. The van der Waals surface area contributed by atoms with Crippen LogP contribution in [0, 0.1) is 5.82 Å². The topological polar surface area (TPSA) is 20.2 Å². The number of fused-ring (bicyclic) bond motifs is 5. The lowest BCUT2D eigenvalue weighted by molar-refractivity contribution is 0.283. The lowest BCUT2D eigenvalue weighted by Crippen LogP contribution is -2.03. The minimum atomic E-state index is -0.476. The molecule has 1 nitrogen and oxygen atoms in total. The minimum absolute atomic E-state index is 0.131. The van der Waals surface area contributed by atoms with Crippen molar-refractivity contribution in [1.29, 1.82) is 0 Å². The molecule has 0 aliphatic heterocycles. The summed E-state index contributed by atoms with van der Waals surface area (Å²) in [6, 6.07) is 9.55. The Morgan fingerprint density at radius 1 is 1.00 bits per heavy atom. The van der Waals surface area contributed by atoms with Gasteiger partial charge in [0.25, 0.3) is 0 Å². The third kappa shape index (κ3) is 1.94. The summed E-state index contributed by atoms with van der Waals surface area (Å²) >= 11 is 6.14. The summed E-state index contributed by atoms with van der Waals surface area (Å²) in [4.78, 5) is 0. The van der Waals surface area contributed by atoms with Crippen molar-refractivity contribution in [3.8, 4) is 0 Å². The highest BCUT2D eigenvalue weighted by Gasteiger charge is 2.17. The van der Waals surface area contributed by atoms with Gasteiger partial charge in [0.2, 0.25) is 0 Å². The first-order chi connectivity index (χ1) is 10.7. The van der Waals surface area contributed by atoms with Crippen molar-refractivity contribution in [2.75, 3.05) is 0 Å². The summed E-state index contributed by atoms with van der Waals surface area (Å²) in [6.07, 6.45) is 4.66. The van der Waals surface area contributed by atoms with Crippen LogP contribution in [-0.4, -0.2) is 5.11 Å². The van der Waals surface area contributed by atoms with Crippen LogP contribution in [0.3, 0.4) is 0 Å². The molecule has 0 amide bonds. The molecule has 0 heterocycles. The molecular formula is C19H16ClFO. The number of aryl methyl sites for hydroxylation is 2. The fourth-order valence-corrected chi connectivity index (χ4v) is 3.94. The van der Waals surface area contributed by atoms with Crippen molar-refractivity contribution in [2.45, 2.75) is 32.3 Å². The van der Waals surface area contributed by atoms with Crippen LogP contribution in [0.4, 0.5) is 4.39 Å². The Balaban J connectivity index is 2.17. The zero-order chi connectivity index (χ0) is 15.3. The second kappa shape index (κ2) is 5.22. The van der Waals surface area contributed by atoms with Gasteiger partial charge in [0.15, 0.2) is 0 Å². The molecule has 0 radical (unpaired) electrons. The maximum absolute atomic E-state index is 13.9. The summed E-state index contributed by atoms with van der Waals surface area (Å²) in [5, 5.41) is 13.6. The Morgan fingerprint density at radius 3 is 2.55 bits per heavy atom. The lowest BCUT2D eigenvalue weighted by Gasteiger charge is -2.19. The van der Waals surface area contributed by atoms with E-state index in [-0.39, 0.29) is 11.6 Å². The fourth-order valence-electron chi connectivity index (χ4n) is 3.73. The molecule has 22 heavy (non-hydrogen) atoms. The van der Waals surface area contributed by atoms with E-state index in [1.807, 2.05) is 12.1 Å². The molecular weight excluding hydrogens is 299 g/mol. The highest BCUT2D eigenvalue weighted by Crippen LogP contribution is 2.38. The third-order valence-corrected chi connectivity index (χ3v) is 5.16. The van der Waals surface area contributed by atoms with Gasteiger partial charge in [-0.1, -0.05) is 35.9 Å². The van der Waals surface area contributed by atoms with Crippen molar-refractivity contribution in [1.82, 2.24) is 0 Å². The Morgan fingerprint density at radius 2 is 1.73 bits per heavy atom. The molecule has 3 aromatic rings. The summed E-state index contributed by atoms with van der Waals surface area (Å²) in [5.74, 6) is -0.476. The van der Waals surface area contributed by atoms with E-state index in [9.17, 15) is 9.50 Å². The van der Waals surface area contributed by atoms with Crippen molar-refractivity contribution >= 4 is 33.1 Å². The second-order valence-corrected chi connectivity index (χ2v) is 6.36. The molecule has 0 aromatic heterocycles. The van der Waals surface area contributed by atoms with Crippen LogP contribution in [0.25, 0.3) is 21.5 Å². The first-order valence-corrected chi connectivity index (χ1v) is 8.03. The summed E-state index contributed by atoms with van der Waals surface area (Å²) in [5.41, 5.74) is 3.41.